The van der Waals surface area contributed by atoms with Crippen molar-refractivity contribution in [1.82, 2.24) is 0 Å². The molecule has 0 fully saturated rings. The number of carbonyl (C=O) groups is 4. The van der Waals surface area contributed by atoms with Crippen LogP contribution in [0.5, 0.6) is 0 Å². The monoisotopic (exact) mass is 1450 g/mol. The maximum absolute atomic E-state index is 13.1. The number of aliphatic hydroxyl groups is 1. The molecule has 588 valence electrons. The van der Waals surface area contributed by atoms with Gasteiger partial charge in [0.1, 0.15) is 19.3 Å². The van der Waals surface area contributed by atoms with Gasteiger partial charge in [0.25, 0.3) is 0 Å². The normalized spacial score (nSPS) is 13.9. The molecule has 3 N–H and O–H groups in total. The molecule has 0 rings (SSSR count). The Morgan fingerprint density at radius 3 is 0.687 bits per heavy atom. The van der Waals surface area contributed by atoms with Crippen molar-refractivity contribution in [2.75, 3.05) is 39.6 Å². The number of phosphoric acid groups is 2. The summed E-state index contributed by atoms with van der Waals surface area (Å²) in [5.41, 5.74) is 0. The quantitative estimate of drug-likeness (QED) is 0.0222. The Morgan fingerprint density at radius 1 is 0.273 bits per heavy atom. The van der Waals surface area contributed by atoms with E-state index in [-0.39, 0.29) is 25.7 Å². The number of hydrogen-bond donors (Lipinski definition) is 3. The van der Waals surface area contributed by atoms with E-state index in [2.05, 4.69) is 34.6 Å². The van der Waals surface area contributed by atoms with Gasteiger partial charge in [-0.15, -0.1) is 0 Å². The molecular formula is C80H156O17P2. The molecule has 99 heavy (non-hydrogen) atoms. The molecule has 0 spiro atoms. The number of unbranched alkanes of at least 4 members (excludes halogenated alkanes) is 52. The lowest BCUT2D eigenvalue weighted by Gasteiger charge is -2.21. The van der Waals surface area contributed by atoms with Crippen molar-refractivity contribution in [2.45, 2.75) is 445 Å². The predicted molar refractivity (Wildman–Crippen MR) is 405 cm³/mol. The molecule has 17 nitrogen and oxygen atoms in total. The van der Waals surface area contributed by atoms with Gasteiger partial charge in [0.15, 0.2) is 12.2 Å². The molecule has 0 bridgehead atoms. The molecule has 0 aliphatic heterocycles. The Bertz CT molecular complexity index is 1890. The molecule has 0 radical (unpaired) electrons. The third-order valence-corrected chi connectivity index (χ3v) is 20.7. The number of ether oxygens (including phenoxy) is 4. The fraction of sp³-hybridized carbons (Fsp3) is 0.950. The van der Waals surface area contributed by atoms with Crippen LogP contribution in [0.1, 0.15) is 426 Å². The molecule has 0 aliphatic carbocycles. The highest BCUT2D eigenvalue weighted by molar-refractivity contribution is 7.47. The molecule has 0 aliphatic rings. The average Bonchev–Trinajstić information content (AvgIpc) is 1.01. The lowest BCUT2D eigenvalue weighted by atomic mass is 10.0. The molecule has 0 saturated heterocycles. The third kappa shape index (κ3) is 74.1. The minimum Gasteiger partial charge on any atom is -0.462 e. The topological polar surface area (TPSA) is 237 Å². The van der Waals surface area contributed by atoms with Gasteiger partial charge in [-0.2, -0.15) is 0 Å². The van der Waals surface area contributed by atoms with Crippen LogP contribution in [-0.4, -0.2) is 96.7 Å². The van der Waals surface area contributed by atoms with Crippen molar-refractivity contribution in [2.24, 2.45) is 5.92 Å². The van der Waals surface area contributed by atoms with Crippen LogP contribution in [0.15, 0.2) is 0 Å². The van der Waals surface area contributed by atoms with Gasteiger partial charge in [0, 0.05) is 25.7 Å². The molecule has 0 aromatic rings. The first-order valence-electron chi connectivity index (χ1n) is 41.6. The van der Waals surface area contributed by atoms with Crippen molar-refractivity contribution in [3.63, 3.8) is 0 Å². The van der Waals surface area contributed by atoms with Gasteiger partial charge in [-0.25, -0.2) is 9.13 Å². The number of rotatable bonds is 80. The van der Waals surface area contributed by atoms with Crippen molar-refractivity contribution in [3.8, 4) is 0 Å². The zero-order valence-electron chi connectivity index (χ0n) is 64.6. The number of esters is 4. The second kappa shape index (κ2) is 73.0. The first kappa shape index (κ1) is 97.1. The summed E-state index contributed by atoms with van der Waals surface area (Å²) in [6.07, 6.45) is 63.7. The number of aliphatic hydroxyl groups excluding tert-OH is 1. The van der Waals surface area contributed by atoms with Crippen LogP contribution in [0, 0.1) is 5.92 Å². The highest BCUT2D eigenvalue weighted by atomic mass is 31.2. The highest BCUT2D eigenvalue weighted by Crippen LogP contribution is 2.45. The summed E-state index contributed by atoms with van der Waals surface area (Å²) in [5, 5.41) is 10.6. The van der Waals surface area contributed by atoms with Gasteiger partial charge in [-0.05, 0) is 31.6 Å². The molecule has 0 aromatic carbocycles. The van der Waals surface area contributed by atoms with E-state index < -0.39 is 97.5 Å². The zero-order valence-corrected chi connectivity index (χ0v) is 66.4. The molecule has 0 amide bonds. The van der Waals surface area contributed by atoms with Crippen LogP contribution in [0.3, 0.4) is 0 Å². The van der Waals surface area contributed by atoms with Crippen LogP contribution in [0.2, 0.25) is 0 Å². The van der Waals surface area contributed by atoms with Crippen LogP contribution in [0.4, 0.5) is 0 Å². The predicted octanol–water partition coefficient (Wildman–Crippen LogP) is 24.0. The third-order valence-electron chi connectivity index (χ3n) is 18.8. The molecule has 0 heterocycles. The lowest BCUT2D eigenvalue weighted by molar-refractivity contribution is -0.161. The summed E-state index contributed by atoms with van der Waals surface area (Å²) in [7, 11) is -9.92. The second-order valence-corrected chi connectivity index (χ2v) is 32.2. The molecule has 0 aromatic heterocycles. The van der Waals surface area contributed by atoms with E-state index in [0.29, 0.717) is 25.7 Å². The number of carbonyl (C=O) groups excluding carboxylic acids is 4. The second-order valence-electron chi connectivity index (χ2n) is 29.3. The van der Waals surface area contributed by atoms with Gasteiger partial charge in [-0.3, -0.25) is 37.3 Å². The Kier molecular flexibility index (Phi) is 71.6. The molecule has 19 heteroatoms. The van der Waals surface area contributed by atoms with Gasteiger partial charge >= 0.3 is 39.5 Å². The molecule has 0 saturated carbocycles. The van der Waals surface area contributed by atoms with E-state index in [9.17, 15) is 43.2 Å². The Balaban J connectivity index is 5.23. The first-order chi connectivity index (χ1) is 48.0. The van der Waals surface area contributed by atoms with E-state index in [1.54, 1.807) is 0 Å². The summed E-state index contributed by atoms with van der Waals surface area (Å²) in [5.74, 6) is -1.31. The van der Waals surface area contributed by atoms with Gasteiger partial charge in [-0.1, -0.05) is 375 Å². The van der Waals surface area contributed by atoms with E-state index in [1.807, 2.05) is 0 Å². The molecular weight excluding hydrogens is 1290 g/mol. The largest absolute Gasteiger partial charge is 0.472 e. The van der Waals surface area contributed by atoms with E-state index in [0.717, 1.165) is 95.8 Å². The average molecular weight is 1450 g/mol. The smallest absolute Gasteiger partial charge is 0.462 e. The van der Waals surface area contributed by atoms with Gasteiger partial charge in [0.05, 0.1) is 26.4 Å². The number of hydrogen-bond acceptors (Lipinski definition) is 15. The maximum Gasteiger partial charge on any atom is 0.472 e. The van der Waals surface area contributed by atoms with Gasteiger partial charge < -0.3 is 33.8 Å². The Morgan fingerprint density at radius 2 is 0.465 bits per heavy atom. The van der Waals surface area contributed by atoms with Crippen molar-refractivity contribution < 1.29 is 80.2 Å². The van der Waals surface area contributed by atoms with Crippen LogP contribution < -0.4 is 0 Å². The van der Waals surface area contributed by atoms with E-state index in [4.69, 9.17) is 37.0 Å². The Hall–Kier alpha value is -1.94. The Labute approximate surface area is 607 Å². The highest BCUT2D eigenvalue weighted by Gasteiger charge is 2.30. The van der Waals surface area contributed by atoms with Crippen molar-refractivity contribution in [3.05, 3.63) is 0 Å². The molecule has 2 unspecified atom stereocenters. The van der Waals surface area contributed by atoms with Crippen LogP contribution in [-0.2, 0) is 65.4 Å². The fourth-order valence-electron chi connectivity index (χ4n) is 12.4. The first-order valence-corrected chi connectivity index (χ1v) is 44.6. The summed E-state index contributed by atoms with van der Waals surface area (Å²) >= 11 is 0. The fourth-order valence-corrected chi connectivity index (χ4v) is 14.0. The molecule has 5 atom stereocenters. The summed E-state index contributed by atoms with van der Waals surface area (Å²) < 4.78 is 68.7. The summed E-state index contributed by atoms with van der Waals surface area (Å²) in [6.45, 7) is 7.35. The minimum absolute atomic E-state index is 0.108. The van der Waals surface area contributed by atoms with Crippen molar-refractivity contribution >= 4 is 39.5 Å². The lowest BCUT2D eigenvalue weighted by Crippen LogP contribution is -2.30. The maximum atomic E-state index is 13.1. The zero-order chi connectivity index (χ0) is 72.7. The minimum atomic E-state index is -4.96. The van der Waals surface area contributed by atoms with E-state index >= 15 is 0 Å². The summed E-state index contributed by atoms with van der Waals surface area (Å²) in [4.78, 5) is 73.0. The standard InChI is InChI=1S/C80H156O17P2/c1-6-9-12-15-18-21-24-26-27-28-29-30-31-36-41-46-51-56-61-66-80(85)97-76(70-91-78(83)64-59-54-49-44-40-35-33-32-34-38-42-47-52-57-62-73(4)5)72-95-99(88,89)93-68-74(81)67-92-98(86,87)94-71-75(69-90-77(82)63-58-53-48-43-37-23-20-17-14-11-8-3)96-79(84)65-60-55-50-45-39-25-22-19-16-13-10-7-2/h73-76,81H,6-72H2,1-5H3,(H,86,87)(H,88,89)/t74-,75+,76+/m0/s1. The summed E-state index contributed by atoms with van der Waals surface area (Å²) in [6, 6.07) is 0. The van der Waals surface area contributed by atoms with Crippen LogP contribution >= 0.6 is 15.6 Å². The van der Waals surface area contributed by atoms with Crippen LogP contribution in [0.25, 0.3) is 0 Å². The van der Waals surface area contributed by atoms with E-state index in [1.165, 1.54) is 250 Å². The van der Waals surface area contributed by atoms with Crippen molar-refractivity contribution in [1.29, 1.82) is 0 Å². The SMILES string of the molecule is CCCCCCCCCCCCCCCCCCCCCC(=O)O[C@H](COC(=O)CCCCCCCCCCCCCCCCC(C)C)COP(=O)(O)OC[C@@H](O)COP(=O)(O)OC[C@@H](COC(=O)CCCCCCCCCCCCC)OC(=O)CCCCCCCCCCCCCC. The number of phosphoric ester groups is 2. The van der Waals surface area contributed by atoms with Gasteiger partial charge in [0.2, 0.25) is 0 Å².